The average Bonchev–Trinajstić information content (AvgIpc) is 2.94. The molecule has 0 bridgehead atoms. The number of likely N-dealkylation sites (N-methyl/N-ethyl adjacent to an activating group) is 1. The maximum atomic E-state index is 14.0. The number of hydrogen-bond donors (Lipinski definition) is 5. The molecule has 3 amide bonds. The Bertz CT molecular complexity index is 1710. The number of alkyl halides is 3. The van der Waals surface area contributed by atoms with Crippen molar-refractivity contribution in [2.24, 2.45) is 35.3 Å². The number of halogens is 4. The van der Waals surface area contributed by atoms with Gasteiger partial charge in [-0.3, -0.25) is 28.9 Å². The number of urea groups is 1. The molecule has 0 radical (unpaired) electrons. The van der Waals surface area contributed by atoms with E-state index in [-0.39, 0.29) is 16.3 Å². The van der Waals surface area contributed by atoms with Crippen molar-refractivity contribution in [2.45, 2.75) is 31.2 Å². The van der Waals surface area contributed by atoms with Crippen LogP contribution in [-0.4, -0.2) is 76.4 Å². The summed E-state index contributed by atoms with van der Waals surface area (Å²) in [4.78, 5) is 80.7. The Labute approximate surface area is 264 Å². The third-order valence-electron chi connectivity index (χ3n) is 9.13. The minimum Gasteiger partial charge on any atom is -0.505 e. The minimum atomic E-state index is -4.87. The number of aliphatic hydroxyl groups is 1. The number of anilines is 2. The van der Waals surface area contributed by atoms with Crippen LogP contribution in [0.4, 0.5) is 29.3 Å². The summed E-state index contributed by atoms with van der Waals surface area (Å²) in [5.41, 5.74) is 2.86. The Morgan fingerprint density at radius 2 is 1.54 bits per heavy atom. The third-order valence-corrected chi connectivity index (χ3v) is 9.37. The molecule has 6 N–H and O–H groups in total. The van der Waals surface area contributed by atoms with Crippen molar-refractivity contribution in [3.05, 3.63) is 52.0 Å². The predicted octanol–water partition coefficient (Wildman–Crippen LogP) is 2.60. The van der Waals surface area contributed by atoms with Crippen molar-refractivity contribution in [2.75, 3.05) is 24.7 Å². The number of Topliss-reactive ketones (excluding diaryl/α,β-unsaturated/α-hetero) is 4. The van der Waals surface area contributed by atoms with Gasteiger partial charge < -0.3 is 26.6 Å². The van der Waals surface area contributed by atoms with Gasteiger partial charge in [0, 0.05) is 16.9 Å². The molecule has 46 heavy (non-hydrogen) atoms. The summed E-state index contributed by atoms with van der Waals surface area (Å²) in [6.07, 6.45) is -6.42. The summed E-state index contributed by atoms with van der Waals surface area (Å²) in [5, 5.41) is 26.7. The number of primary amides is 1. The molecule has 0 heterocycles. The quantitative estimate of drug-likeness (QED) is 0.241. The van der Waals surface area contributed by atoms with Gasteiger partial charge in [0.1, 0.15) is 5.75 Å². The number of carbonyl (C=O) groups is 6. The maximum absolute atomic E-state index is 14.0. The number of rotatable bonds is 4. The molecule has 5 rings (SSSR count). The first kappa shape index (κ1) is 33.0. The number of aromatic hydroxyl groups is 1. The van der Waals surface area contributed by atoms with Gasteiger partial charge in [-0.25, -0.2) is 4.79 Å². The van der Waals surface area contributed by atoms with Gasteiger partial charge in [0.2, 0.25) is 5.91 Å². The monoisotopic (exact) mass is 664 g/mol. The first-order valence-electron chi connectivity index (χ1n) is 14.0. The molecule has 2 aromatic rings. The molecule has 0 spiro atoms. The largest absolute Gasteiger partial charge is 0.505 e. The van der Waals surface area contributed by atoms with Gasteiger partial charge in [-0.1, -0.05) is 24.6 Å². The highest BCUT2D eigenvalue weighted by molar-refractivity contribution is 6.31. The van der Waals surface area contributed by atoms with Gasteiger partial charge in [-0.15, -0.1) is 0 Å². The SMILES string of the molecule is C[C@H]1c2ccc(NC(=O)Nc3ccc(Cl)cc3C(F)(F)F)c(O)c2C(=O)C2C(=O)C3C(=O)C(C(N)=O)C(=O)[C@@H](N(C)C)C3[C@@H](O)C21. The topological polar surface area (TPSA) is 196 Å². The number of aliphatic hydroxyl groups excluding tert-OH is 1. The van der Waals surface area contributed by atoms with E-state index in [4.69, 9.17) is 17.3 Å². The summed E-state index contributed by atoms with van der Waals surface area (Å²) >= 11 is 5.68. The zero-order valence-corrected chi connectivity index (χ0v) is 25.1. The lowest BCUT2D eigenvalue weighted by Crippen LogP contribution is -2.69. The predicted molar refractivity (Wildman–Crippen MR) is 155 cm³/mol. The van der Waals surface area contributed by atoms with Crippen LogP contribution in [0.15, 0.2) is 30.3 Å². The van der Waals surface area contributed by atoms with E-state index >= 15 is 0 Å². The molecule has 3 aliphatic carbocycles. The van der Waals surface area contributed by atoms with Gasteiger partial charge in [-0.05, 0) is 49.8 Å². The second-order valence-electron chi connectivity index (χ2n) is 11.9. The van der Waals surface area contributed by atoms with Gasteiger partial charge in [0.05, 0.1) is 46.5 Å². The molecule has 0 aromatic heterocycles. The van der Waals surface area contributed by atoms with Crippen LogP contribution < -0.4 is 16.4 Å². The lowest BCUT2D eigenvalue weighted by atomic mass is 9.51. The molecule has 2 aromatic carbocycles. The molecule has 16 heteroatoms. The molecule has 12 nitrogen and oxygen atoms in total. The number of nitrogens with zero attached hydrogens (tertiary/aromatic N) is 1. The Hall–Kier alpha value is -4.34. The van der Waals surface area contributed by atoms with E-state index in [0.717, 1.165) is 12.1 Å². The van der Waals surface area contributed by atoms with Crippen molar-refractivity contribution in [3.63, 3.8) is 0 Å². The van der Waals surface area contributed by atoms with Gasteiger partial charge >= 0.3 is 12.2 Å². The van der Waals surface area contributed by atoms with Crippen LogP contribution in [0.3, 0.4) is 0 Å². The lowest BCUT2D eigenvalue weighted by Gasteiger charge is -2.52. The van der Waals surface area contributed by atoms with Crippen molar-refractivity contribution in [1.29, 1.82) is 0 Å². The molecule has 8 atom stereocenters. The number of fused-ring (bicyclic) bond motifs is 3. The molecular weight excluding hydrogens is 637 g/mol. The zero-order chi connectivity index (χ0) is 34.2. The van der Waals surface area contributed by atoms with Crippen molar-refractivity contribution < 1.29 is 52.2 Å². The third kappa shape index (κ3) is 5.11. The van der Waals surface area contributed by atoms with Crippen molar-refractivity contribution in [1.82, 2.24) is 4.90 Å². The van der Waals surface area contributed by atoms with Crippen LogP contribution in [-0.2, 0) is 25.4 Å². The van der Waals surface area contributed by atoms with Crippen LogP contribution in [0.5, 0.6) is 5.75 Å². The molecule has 2 saturated carbocycles. The fraction of sp³-hybridized carbons (Fsp3) is 0.400. The molecule has 5 unspecified atom stereocenters. The number of hydrogen-bond acceptors (Lipinski definition) is 9. The molecule has 0 saturated heterocycles. The fourth-order valence-electron chi connectivity index (χ4n) is 7.22. The Morgan fingerprint density at radius 3 is 2.13 bits per heavy atom. The Morgan fingerprint density at radius 1 is 0.935 bits per heavy atom. The number of phenolic OH excluding ortho intramolecular Hbond substituents is 1. The van der Waals surface area contributed by atoms with E-state index in [2.05, 4.69) is 5.32 Å². The lowest BCUT2D eigenvalue weighted by molar-refractivity contribution is -0.167. The second kappa shape index (κ2) is 11.5. The Kier molecular flexibility index (Phi) is 8.24. The van der Waals surface area contributed by atoms with Crippen molar-refractivity contribution in [3.8, 4) is 5.75 Å². The minimum absolute atomic E-state index is 0.182. The van der Waals surface area contributed by atoms with Gasteiger partial charge in [-0.2, -0.15) is 13.2 Å². The molecule has 3 aliphatic rings. The summed E-state index contributed by atoms with van der Waals surface area (Å²) < 4.78 is 40.5. The molecule has 0 aliphatic heterocycles. The molecular formula is C30H28ClF3N4O8. The highest BCUT2D eigenvalue weighted by Gasteiger charge is 2.65. The van der Waals surface area contributed by atoms with Crippen LogP contribution in [0.25, 0.3) is 0 Å². The van der Waals surface area contributed by atoms with E-state index in [1.54, 1.807) is 6.92 Å². The van der Waals surface area contributed by atoms with E-state index < -0.39 is 111 Å². The fourth-order valence-corrected chi connectivity index (χ4v) is 7.39. The van der Waals surface area contributed by atoms with Gasteiger partial charge in [0.25, 0.3) is 0 Å². The maximum Gasteiger partial charge on any atom is 0.418 e. The van der Waals surface area contributed by atoms with Crippen LogP contribution in [0.1, 0.15) is 34.3 Å². The Balaban J connectivity index is 1.51. The summed E-state index contributed by atoms with van der Waals surface area (Å²) in [6, 6.07) is 2.75. The molecule has 2 fully saturated rings. The number of benzene rings is 2. The van der Waals surface area contributed by atoms with Crippen LogP contribution in [0, 0.1) is 29.6 Å². The van der Waals surface area contributed by atoms with E-state index in [9.17, 15) is 52.2 Å². The summed E-state index contributed by atoms with van der Waals surface area (Å²) in [6.45, 7) is 1.57. The smallest absolute Gasteiger partial charge is 0.418 e. The number of amides is 3. The molecule has 244 valence electrons. The number of nitrogens with one attached hydrogen (secondary N) is 2. The van der Waals surface area contributed by atoms with E-state index in [1.165, 1.54) is 31.1 Å². The van der Waals surface area contributed by atoms with Crippen LogP contribution >= 0.6 is 11.6 Å². The first-order chi connectivity index (χ1) is 21.4. The van der Waals surface area contributed by atoms with E-state index in [0.29, 0.717) is 6.07 Å². The summed E-state index contributed by atoms with van der Waals surface area (Å²) in [5.74, 6) is -14.6. The van der Waals surface area contributed by atoms with Gasteiger partial charge in [0.15, 0.2) is 29.1 Å². The van der Waals surface area contributed by atoms with Crippen molar-refractivity contribution >= 4 is 58.0 Å². The number of nitrogens with two attached hydrogens (primary N) is 1. The number of carbonyl (C=O) groups excluding carboxylic acids is 6. The highest BCUT2D eigenvalue weighted by atomic mass is 35.5. The standard InChI is InChI=1S/C30H28ClF3N4O8/c1-9-11-5-7-14(37-29(46)36-13-6-4-10(31)8-12(13)30(32,33)34)22(39)16(11)24(41)18-15(9)23(40)17-19(25(18)42)26(43)20(28(35)45)27(44)21(17)38(2)3/h4-9,15,17-21,23,39-40H,1-3H3,(H2,35,45)(H2,36,37,46)/t9-,15?,17?,18?,19?,20?,21-,23-/m0/s1. The normalized spacial score (nSPS) is 29.2. The number of ketones is 4. The highest BCUT2D eigenvalue weighted by Crippen LogP contribution is 2.54. The number of phenols is 1. The van der Waals surface area contributed by atoms with E-state index in [1.807, 2.05) is 5.32 Å². The average molecular weight is 665 g/mol. The first-order valence-corrected chi connectivity index (χ1v) is 14.4. The summed E-state index contributed by atoms with van der Waals surface area (Å²) in [7, 11) is 2.95. The second-order valence-corrected chi connectivity index (χ2v) is 12.3. The van der Waals surface area contributed by atoms with Crippen LogP contribution in [0.2, 0.25) is 5.02 Å². The zero-order valence-electron chi connectivity index (χ0n) is 24.4.